The maximum Gasteiger partial charge on any atom is 0.204 e. The lowest BCUT2D eigenvalue weighted by Gasteiger charge is -2.20. The van der Waals surface area contributed by atoms with Gasteiger partial charge in [-0.3, -0.25) is 14.5 Å². The lowest BCUT2D eigenvalue weighted by atomic mass is 10.2. The highest BCUT2D eigenvalue weighted by molar-refractivity contribution is 7.71. The third-order valence-corrected chi connectivity index (χ3v) is 5.20. The molecule has 0 atom stereocenters. The molecular formula is C23H23N5S. The molecule has 0 N–H and O–H groups in total. The number of hydrogen-bond acceptors (Lipinski definition) is 4. The van der Waals surface area contributed by atoms with E-state index in [4.69, 9.17) is 17.3 Å². The van der Waals surface area contributed by atoms with E-state index in [0.717, 1.165) is 30.2 Å². The predicted octanol–water partition coefficient (Wildman–Crippen LogP) is 4.94. The normalized spacial score (nSPS) is 11.1. The van der Waals surface area contributed by atoms with E-state index in [9.17, 15) is 0 Å². The van der Waals surface area contributed by atoms with Crippen LogP contribution in [0.2, 0.25) is 0 Å². The van der Waals surface area contributed by atoms with Gasteiger partial charge in [-0.05, 0) is 48.6 Å². The van der Waals surface area contributed by atoms with Crippen molar-refractivity contribution in [3.8, 4) is 17.1 Å². The van der Waals surface area contributed by atoms with Crippen LogP contribution in [-0.4, -0.2) is 30.8 Å². The quantitative estimate of drug-likeness (QED) is 0.411. The molecule has 0 aliphatic carbocycles. The van der Waals surface area contributed by atoms with E-state index in [1.54, 1.807) is 6.20 Å². The number of aromatic nitrogens is 4. The summed E-state index contributed by atoms with van der Waals surface area (Å²) >= 11 is 5.84. The first-order valence-corrected chi connectivity index (χ1v) is 10.1. The van der Waals surface area contributed by atoms with E-state index in [0.29, 0.717) is 11.4 Å². The Labute approximate surface area is 175 Å². The minimum absolute atomic E-state index is 0.622. The Hall–Kier alpha value is -3.09. The first-order chi connectivity index (χ1) is 14.3. The summed E-state index contributed by atoms with van der Waals surface area (Å²) in [6.45, 7) is 4.52. The van der Waals surface area contributed by atoms with Gasteiger partial charge in [0.05, 0.1) is 6.67 Å². The fourth-order valence-corrected chi connectivity index (χ4v) is 3.57. The number of pyridine rings is 1. The molecule has 2 aromatic heterocycles. The zero-order valence-electron chi connectivity index (χ0n) is 16.3. The first kappa shape index (κ1) is 19.2. The molecule has 4 rings (SSSR count). The van der Waals surface area contributed by atoms with Gasteiger partial charge in [-0.2, -0.15) is 0 Å². The summed E-state index contributed by atoms with van der Waals surface area (Å²) in [6, 6.07) is 24.5. The van der Waals surface area contributed by atoms with Crippen LogP contribution in [-0.2, 0) is 13.2 Å². The largest absolute Gasteiger partial charge is 0.280 e. The molecule has 29 heavy (non-hydrogen) atoms. The lowest BCUT2D eigenvalue weighted by molar-refractivity contribution is 0.207. The van der Waals surface area contributed by atoms with Crippen LogP contribution >= 0.6 is 12.2 Å². The third kappa shape index (κ3) is 4.34. The molecule has 5 nitrogen and oxygen atoms in total. The molecule has 0 saturated carbocycles. The summed E-state index contributed by atoms with van der Waals surface area (Å²) in [4.78, 5) is 6.58. The van der Waals surface area contributed by atoms with Gasteiger partial charge in [-0.1, -0.05) is 55.5 Å². The zero-order chi connectivity index (χ0) is 20.1. The highest BCUT2D eigenvalue weighted by Crippen LogP contribution is 2.22. The Morgan fingerprint density at radius 2 is 1.66 bits per heavy atom. The molecule has 2 aromatic carbocycles. The van der Waals surface area contributed by atoms with Crippen LogP contribution in [0.25, 0.3) is 17.1 Å². The van der Waals surface area contributed by atoms with Crippen LogP contribution in [0, 0.1) is 4.77 Å². The summed E-state index contributed by atoms with van der Waals surface area (Å²) in [5, 5.41) is 4.88. The Morgan fingerprint density at radius 3 is 2.31 bits per heavy atom. The van der Waals surface area contributed by atoms with Gasteiger partial charge >= 0.3 is 0 Å². The van der Waals surface area contributed by atoms with Gasteiger partial charge in [0.2, 0.25) is 4.77 Å². The van der Waals surface area contributed by atoms with E-state index in [2.05, 4.69) is 41.1 Å². The Balaban J connectivity index is 1.72. The maximum atomic E-state index is 5.84. The number of benzene rings is 2. The van der Waals surface area contributed by atoms with Crippen LogP contribution < -0.4 is 0 Å². The van der Waals surface area contributed by atoms with Crippen molar-refractivity contribution in [3.63, 3.8) is 0 Å². The lowest BCUT2D eigenvalue weighted by Crippen LogP contribution is -2.26. The molecule has 0 radical (unpaired) electrons. The molecule has 0 saturated heterocycles. The topological polar surface area (TPSA) is 38.9 Å². The van der Waals surface area contributed by atoms with Crippen LogP contribution in [0.3, 0.4) is 0 Å². The summed E-state index contributed by atoms with van der Waals surface area (Å²) in [5.41, 5.74) is 3.21. The van der Waals surface area contributed by atoms with Gasteiger partial charge < -0.3 is 0 Å². The smallest absolute Gasteiger partial charge is 0.204 e. The van der Waals surface area contributed by atoms with Gasteiger partial charge in [0.15, 0.2) is 5.82 Å². The van der Waals surface area contributed by atoms with E-state index < -0.39 is 0 Å². The molecule has 0 spiro atoms. The highest BCUT2D eigenvalue weighted by atomic mass is 32.1. The van der Waals surface area contributed by atoms with E-state index in [1.807, 2.05) is 64.0 Å². The maximum absolute atomic E-state index is 5.84. The SMILES string of the molecule is CCN(Cc1ccccc1)Cn1nc(-c2cccnc2)n(-c2ccccc2)c1=S. The Morgan fingerprint density at radius 1 is 0.931 bits per heavy atom. The van der Waals surface area contributed by atoms with Gasteiger partial charge in [0.1, 0.15) is 0 Å². The van der Waals surface area contributed by atoms with Crippen molar-refractivity contribution in [1.29, 1.82) is 0 Å². The molecule has 4 aromatic rings. The zero-order valence-corrected chi connectivity index (χ0v) is 17.2. The summed E-state index contributed by atoms with van der Waals surface area (Å²) in [6.07, 6.45) is 3.59. The van der Waals surface area contributed by atoms with E-state index in [-0.39, 0.29) is 0 Å². The van der Waals surface area contributed by atoms with Crippen molar-refractivity contribution >= 4 is 12.2 Å². The summed E-state index contributed by atoms with van der Waals surface area (Å²) in [5.74, 6) is 0.796. The van der Waals surface area contributed by atoms with Crippen LogP contribution in [0.15, 0.2) is 85.2 Å². The van der Waals surface area contributed by atoms with Gasteiger partial charge in [-0.15, -0.1) is 5.10 Å². The first-order valence-electron chi connectivity index (χ1n) is 9.68. The van der Waals surface area contributed by atoms with Crippen molar-refractivity contribution in [2.24, 2.45) is 0 Å². The number of hydrogen-bond donors (Lipinski definition) is 0. The van der Waals surface area contributed by atoms with Crippen molar-refractivity contribution in [2.45, 2.75) is 20.1 Å². The fourth-order valence-electron chi connectivity index (χ4n) is 3.28. The monoisotopic (exact) mass is 401 g/mol. The average molecular weight is 402 g/mol. The number of nitrogens with zero attached hydrogens (tertiary/aromatic N) is 5. The molecule has 0 unspecified atom stereocenters. The predicted molar refractivity (Wildman–Crippen MR) is 118 cm³/mol. The summed E-state index contributed by atoms with van der Waals surface area (Å²) in [7, 11) is 0. The molecule has 0 fully saturated rings. The van der Waals surface area contributed by atoms with Crippen LogP contribution in [0.4, 0.5) is 0 Å². The van der Waals surface area contributed by atoms with E-state index >= 15 is 0 Å². The average Bonchev–Trinajstić information content (AvgIpc) is 3.11. The molecule has 146 valence electrons. The molecule has 0 aliphatic rings. The van der Waals surface area contributed by atoms with Crippen molar-refractivity contribution in [2.75, 3.05) is 6.54 Å². The van der Waals surface area contributed by atoms with Gasteiger partial charge in [-0.25, -0.2) is 4.68 Å². The second-order valence-corrected chi connectivity index (χ2v) is 7.16. The summed E-state index contributed by atoms with van der Waals surface area (Å²) < 4.78 is 4.58. The van der Waals surface area contributed by atoms with E-state index in [1.165, 1.54) is 5.56 Å². The third-order valence-electron chi connectivity index (χ3n) is 4.80. The van der Waals surface area contributed by atoms with Crippen LogP contribution in [0.1, 0.15) is 12.5 Å². The second-order valence-electron chi connectivity index (χ2n) is 6.79. The highest BCUT2D eigenvalue weighted by Gasteiger charge is 2.16. The van der Waals surface area contributed by atoms with Crippen molar-refractivity contribution in [1.82, 2.24) is 24.2 Å². The van der Waals surface area contributed by atoms with Gasteiger partial charge in [0, 0.05) is 30.2 Å². The standard InChI is InChI=1S/C23H23N5S/c1-2-26(17-19-10-5-3-6-11-19)18-27-23(29)28(21-13-7-4-8-14-21)22(25-27)20-12-9-15-24-16-20/h3-16H,2,17-18H2,1H3. The number of para-hydroxylation sites is 1. The molecule has 0 bridgehead atoms. The molecule has 2 heterocycles. The fraction of sp³-hybridized carbons (Fsp3) is 0.174. The Bertz CT molecular complexity index is 1100. The van der Waals surface area contributed by atoms with Crippen LogP contribution in [0.5, 0.6) is 0 Å². The second kappa shape index (κ2) is 8.94. The van der Waals surface area contributed by atoms with Crippen molar-refractivity contribution < 1.29 is 0 Å². The Kier molecular flexibility index (Phi) is 5.93. The minimum atomic E-state index is 0.622. The molecule has 0 amide bonds. The molecular weight excluding hydrogens is 378 g/mol. The van der Waals surface area contributed by atoms with Crippen molar-refractivity contribution in [3.05, 3.63) is 95.5 Å². The minimum Gasteiger partial charge on any atom is -0.280 e. The molecule has 0 aliphatic heterocycles. The van der Waals surface area contributed by atoms with Gasteiger partial charge in [0.25, 0.3) is 0 Å². The molecule has 6 heteroatoms. The number of rotatable bonds is 7.